The van der Waals surface area contributed by atoms with Crippen LogP contribution < -0.4 is 0 Å². The molecule has 0 aromatic carbocycles. The molecule has 1 aliphatic heterocycles. The van der Waals surface area contributed by atoms with Crippen molar-refractivity contribution in [2.75, 3.05) is 20.2 Å². The second kappa shape index (κ2) is 6.03. The number of carboxylic acids is 1. The Bertz CT molecular complexity index is 436. The molecule has 19 heavy (non-hydrogen) atoms. The summed E-state index contributed by atoms with van der Waals surface area (Å²) in [7, 11) is 1.50. The van der Waals surface area contributed by atoms with Gasteiger partial charge in [0.05, 0.1) is 0 Å². The predicted octanol–water partition coefficient (Wildman–Crippen LogP) is 2.38. The smallest absolute Gasteiger partial charge is 0.336 e. The molecule has 1 fully saturated rings. The molecular weight excluding hydrogens is 262 g/mol. The largest absolute Gasteiger partial charge is 0.479 e. The van der Waals surface area contributed by atoms with Gasteiger partial charge in [-0.2, -0.15) is 0 Å². The molecule has 0 spiro atoms. The van der Waals surface area contributed by atoms with Gasteiger partial charge >= 0.3 is 5.97 Å². The summed E-state index contributed by atoms with van der Waals surface area (Å²) >= 11 is 1.85. The number of rotatable bonds is 5. The van der Waals surface area contributed by atoms with Crippen molar-refractivity contribution < 1.29 is 14.6 Å². The average Bonchev–Trinajstić information content (AvgIpc) is 2.87. The lowest BCUT2D eigenvalue weighted by atomic mass is 9.91. The number of carbonyl (C=O) groups is 1. The number of carboxylic acid groups (broad SMARTS) is 1. The van der Waals surface area contributed by atoms with Crippen molar-refractivity contribution in [1.82, 2.24) is 4.90 Å². The van der Waals surface area contributed by atoms with Gasteiger partial charge in [-0.25, -0.2) is 4.79 Å². The maximum atomic E-state index is 11.3. The molecule has 4 nitrogen and oxygen atoms in total. The van der Waals surface area contributed by atoms with Crippen molar-refractivity contribution in [3.63, 3.8) is 0 Å². The van der Waals surface area contributed by atoms with Crippen molar-refractivity contribution in [2.24, 2.45) is 0 Å². The monoisotopic (exact) mass is 283 g/mol. The minimum absolute atomic E-state index is 0.560. The van der Waals surface area contributed by atoms with Crippen LogP contribution in [0, 0.1) is 0 Å². The zero-order valence-corrected chi connectivity index (χ0v) is 12.3. The molecule has 0 bridgehead atoms. The van der Waals surface area contributed by atoms with Gasteiger partial charge in [0.25, 0.3) is 0 Å². The van der Waals surface area contributed by atoms with Gasteiger partial charge in [0.1, 0.15) is 0 Å². The van der Waals surface area contributed by atoms with Gasteiger partial charge in [-0.1, -0.05) is 6.92 Å². The molecule has 1 aromatic heterocycles. The lowest BCUT2D eigenvalue weighted by Crippen LogP contribution is -2.50. The van der Waals surface area contributed by atoms with E-state index in [1.807, 2.05) is 11.3 Å². The van der Waals surface area contributed by atoms with Crippen LogP contribution in [0.25, 0.3) is 0 Å². The SMILES string of the molecule is CCc1ccc(CN2CCC(OC)(C(=O)O)CC2)s1. The van der Waals surface area contributed by atoms with Gasteiger partial charge < -0.3 is 9.84 Å². The van der Waals surface area contributed by atoms with E-state index in [0.717, 1.165) is 26.1 Å². The standard InChI is InChI=1S/C14H21NO3S/c1-3-11-4-5-12(19-11)10-15-8-6-14(18-2,7-9-15)13(16)17/h4-5H,3,6-10H2,1-2H3,(H,16,17). The van der Waals surface area contributed by atoms with E-state index in [1.54, 1.807) is 0 Å². The molecule has 0 unspecified atom stereocenters. The second-order valence-corrected chi connectivity index (χ2v) is 6.25. The lowest BCUT2D eigenvalue weighted by Gasteiger charge is -2.37. The van der Waals surface area contributed by atoms with Crippen LogP contribution in [0.1, 0.15) is 29.5 Å². The summed E-state index contributed by atoms with van der Waals surface area (Å²) < 4.78 is 5.24. The van der Waals surface area contributed by atoms with E-state index in [-0.39, 0.29) is 0 Å². The van der Waals surface area contributed by atoms with E-state index in [4.69, 9.17) is 4.74 Å². The van der Waals surface area contributed by atoms with E-state index in [9.17, 15) is 9.90 Å². The number of aliphatic carboxylic acids is 1. The number of hydrogen-bond donors (Lipinski definition) is 1. The Morgan fingerprint density at radius 1 is 1.42 bits per heavy atom. The Kier molecular flexibility index (Phi) is 4.60. The normalized spacial score (nSPS) is 19.5. The van der Waals surface area contributed by atoms with E-state index in [0.29, 0.717) is 12.8 Å². The number of hydrogen-bond acceptors (Lipinski definition) is 4. The van der Waals surface area contributed by atoms with Crippen LogP contribution in [0.5, 0.6) is 0 Å². The van der Waals surface area contributed by atoms with Crippen LogP contribution in [-0.4, -0.2) is 41.8 Å². The summed E-state index contributed by atoms with van der Waals surface area (Å²) in [6.45, 7) is 4.64. The molecule has 1 aliphatic rings. The topological polar surface area (TPSA) is 49.8 Å². The van der Waals surface area contributed by atoms with Gasteiger partial charge in [0, 0.05) is 36.5 Å². The fourth-order valence-corrected chi connectivity index (χ4v) is 3.50. The fraction of sp³-hybridized carbons (Fsp3) is 0.643. The molecule has 2 rings (SSSR count). The summed E-state index contributed by atoms with van der Waals surface area (Å²) in [6, 6.07) is 4.36. The summed E-state index contributed by atoms with van der Waals surface area (Å²) in [5.41, 5.74) is -0.972. The third kappa shape index (κ3) is 3.16. The van der Waals surface area contributed by atoms with Crippen LogP contribution in [0.15, 0.2) is 12.1 Å². The van der Waals surface area contributed by atoms with Crippen molar-refractivity contribution in [1.29, 1.82) is 0 Å². The molecule has 0 aliphatic carbocycles. The first-order valence-electron chi connectivity index (χ1n) is 6.68. The number of thiophene rings is 1. The van der Waals surface area contributed by atoms with E-state index < -0.39 is 11.6 Å². The molecule has 1 N–H and O–H groups in total. The van der Waals surface area contributed by atoms with E-state index >= 15 is 0 Å². The van der Waals surface area contributed by atoms with Crippen LogP contribution >= 0.6 is 11.3 Å². The summed E-state index contributed by atoms with van der Waals surface area (Å²) in [6.07, 6.45) is 2.20. The Morgan fingerprint density at radius 3 is 2.53 bits per heavy atom. The molecule has 0 saturated carbocycles. The van der Waals surface area contributed by atoms with Crippen LogP contribution in [-0.2, 0) is 22.5 Å². The van der Waals surface area contributed by atoms with Crippen molar-refractivity contribution >= 4 is 17.3 Å². The molecule has 1 aromatic rings. The Morgan fingerprint density at radius 2 is 2.05 bits per heavy atom. The summed E-state index contributed by atoms with van der Waals surface area (Å²) in [4.78, 5) is 16.3. The number of piperidine rings is 1. The number of nitrogens with zero attached hydrogens (tertiary/aromatic N) is 1. The Balaban J connectivity index is 1.91. The zero-order chi connectivity index (χ0) is 13.9. The number of likely N-dealkylation sites (tertiary alicyclic amines) is 1. The van der Waals surface area contributed by atoms with Crippen LogP contribution in [0.2, 0.25) is 0 Å². The molecule has 0 radical (unpaired) electrons. The zero-order valence-electron chi connectivity index (χ0n) is 11.5. The van der Waals surface area contributed by atoms with Crippen molar-refractivity contribution in [2.45, 2.75) is 38.3 Å². The molecule has 106 valence electrons. The van der Waals surface area contributed by atoms with Crippen molar-refractivity contribution in [3.05, 3.63) is 21.9 Å². The Labute approximate surface area is 118 Å². The second-order valence-electron chi connectivity index (χ2n) is 5.00. The lowest BCUT2D eigenvalue weighted by molar-refractivity contribution is -0.168. The highest BCUT2D eigenvalue weighted by Gasteiger charge is 2.41. The first-order chi connectivity index (χ1) is 9.09. The van der Waals surface area contributed by atoms with Gasteiger partial charge in [-0.15, -0.1) is 11.3 Å². The number of ether oxygens (including phenoxy) is 1. The summed E-state index contributed by atoms with van der Waals surface area (Å²) in [5, 5.41) is 9.26. The molecular formula is C14H21NO3S. The van der Waals surface area contributed by atoms with Gasteiger partial charge in [-0.3, -0.25) is 4.90 Å². The minimum Gasteiger partial charge on any atom is -0.479 e. The molecule has 2 heterocycles. The third-order valence-corrected chi connectivity index (χ3v) is 5.10. The predicted molar refractivity (Wildman–Crippen MR) is 75.6 cm³/mol. The minimum atomic E-state index is -0.972. The highest BCUT2D eigenvalue weighted by molar-refractivity contribution is 7.11. The molecule has 1 saturated heterocycles. The van der Waals surface area contributed by atoms with Crippen LogP contribution in [0.4, 0.5) is 0 Å². The van der Waals surface area contributed by atoms with Crippen LogP contribution in [0.3, 0.4) is 0 Å². The maximum Gasteiger partial charge on any atom is 0.336 e. The maximum absolute atomic E-state index is 11.3. The fourth-order valence-electron chi connectivity index (χ4n) is 2.50. The molecule has 0 amide bonds. The van der Waals surface area contributed by atoms with E-state index in [2.05, 4.69) is 24.0 Å². The Hall–Kier alpha value is -0.910. The highest BCUT2D eigenvalue weighted by atomic mass is 32.1. The summed E-state index contributed by atoms with van der Waals surface area (Å²) in [5.74, 6) is -0.834. The first kappa shape index (κ1) is 14.5. The van der Waals surface area contributed by atoms with Crippen molar-refractivity contribution in [3.8, 4) is 0 Å². The molecule has 5 heteroatoms. The molecule has 0 atom stereocenters. The number of methoxy groups -OCH3 is 1. The number of aryl methyl sites for hydroxylation is 1. The van der Waals surface area contributed by atoms with Gasteiger partial charge in [0.15, 0.2) is 5.60 Å². The first-order valence-corrected chi connectivity index (χ1v) is 7.50. The highest BCUT2D eigenvalue weighted by Crippen LogP contribution is 2.28. The van der Waals surface area contributed by atoms with Gasteiger partial charge in [0.2, 0.25) is 0 Å². The quantitative estimate of drug-likeness (QED) is 0.901. The van der Waals surface area contributed by atoms with E-state index in [1.165, 1.54) is 16.9 Å². The third-order valence-electron chi connectivity index (χ3n) is 3.89. The van der Waals surface area contributed by atoms with Gasteiger partial charge in [-0.05, 0) is 31.4 Å². The average molecular weight is 283 g/mol.